The minimum absolute atomic E-state index is 0.0309. The molecule has 1 heterocycles. The summed E-state index contributed by atoms with van der Waals surface area (Å²) in [6.45, 7) is 5.83. The minimum Gasteiger partial charge on any atom is -0.481 e. The van der Waals surface area contributed by atoms with E-state index in [1.807, 2.05) is 6.92 Å². The highest BCUT2D eigenvalue weighted by atomic mass is 16.6. The number of carbonyl (C=O) groups excluding carboxylic acids is 1. The van der Waals surface area contributed by atoms with Crippen molar-refractivity contribution in [2.24, 2.45) is 0 Å². The second-order valence-electron chi connectivity index (χ2n) is 3.40. The molecule has 0 aromatic carbocycles. The number of hydrogen-bond acceptors (Lipinski definition) is 4. The molecule has 2 unspecified atom stereocenters. The first-order chi connectivity index (χ1) is 7.04. The van der Waals surface area contributed by atoms with Crippen LogP contribution in [0.15, 0.2) is 12.2 Å². The van der Waals surface area contributed by atoms with Gasteiger partial charge in [0.05, 0.1) is 13.0 Å². The fraction of sp³-hybridized carbons (Fsp3) is 0.600. The predicted octanol–water partition coefficient (Wildman–Crippen LogP) is 0.738. The highest BCUT2D eigenvalue weighted by Crippen LogP contribution is 2.20. The number of carboxylic acid groups (broad SMARTS) is 1. The Labute approximate surface area is 87.7 Å². The van der Waals surface area contributed by atoms with Gasteiger partial charge in [-0.2, -0.15) is 0 Å². The Bertz CT molecular complexity index is 280. The lowest BCUT2D eigenvalue weighted by atomic mass is 10.2. The van der Waals surface area contributed by atoms with E-state index in [1.165, 1.54) is 0 Å². The van der Waals surface area contributed by atoms with Crippen LogP contribution in [-0.2, 0) is 19.1 Å². The van der Waals surface area contributed by atoms with Crippen LogP contribution in [-0.4, -0.2) is 35.9 Å². The molecule has 5 nitrogen and oxygen atoms in total. The molecule has 0 amide bonds. The molecule has 1 N–H and O–H groups in total. The molecular weight excluding hydrogens is 200 g/mol. The van der Waals surface area contributed by atoms with Gasteiger partial charge in [-0.05, 0) is 6.42 Å². The van der Waals surface area contributed by atoms with Crippen LogP contribution in [0, 0.1) is 0 Å². The lowest BCUT2D eigenvalue weighted by Gasteiger charge is -2.13. The fourth-order valence-electron chi connectivity index (χ4n) is 1.17. The zero-order chi connectivity index (χ0) is 11.4. The van der Waals surface area contributed by atoms with Crippen LogP contribution in [0.5, 0.6) is 0 Å². The van der Waals surface area contributed by atoms with E-state index in [0.717, 1.165) is 0 Å². The summed E-state index contributed by atoms with van der Waals surface area (Å²) in [6, 6.07) is 0. The lowest BCUT2D eigenvalue weighted by molar-refractivity contribution is -0.147. The van der Waals surface area contributed by atoms with Crippen LogP contribution in [0.3, 0.4) is 0 Å². The number of carbonyl (C=O) groups is 2. The molecule has 0 aromatic heterocycles. The summed E-state index contributed by atoms with van der Waals surface area (Å²) in [7, 11) is 0. The third kappa shape index (κ3) is 3.71. The van der Waals surface area contributed by atoms with Gasteiger partial charge in [-0.15, -0.1) is 0 Å². The van der Waals surface area contributed by atoms with E-state index >= 15 is 0 Å². The molecule has 0 bridgehead atoms. The first-order valence-corrected chi connectivity index (χ1v) is 4.76. The van der Waals surface area contributed by atoms with Crippen LogP contribution in [0.1, 0.15) is 19.8 Å². The monoisotopic (exact) mass is 214 g/mol. The van der Waals surface area contributed by atoms with Gasteiger partial charge in [0.1, 0.15) is 12.2 Å². The van der Waals surface area contributed by atoms with E-state index in [9.17, 15) is 9.59 Å². The van der Waals surface area contributed by atoms with E-state index in [0.29, 0.717) is 13.0 Å². The van der Waals surface area contributed by atoms with Crippen LogP contribution in [0.4, 0.5) is 0 Å². The summed E-state index contributed by atoms with van der Waals surface area (Å²) in [6.07, 6.45) is -0.0583. The van der Waals surface area contributed by atoms with Crippen molar-refractivity contribution in [3.63, 3.8) is 0 Å². The van der Waals surface area contributed by atoms with Crippen LogP contribution in [0.2, 0.25) is 0 Å². The van der Waals surface area contributed by atoms with Crippen molar-refractivity contribution in [2.45, 2.75) is 32.0 Å². The second kappa shape index (κ2) is 4.93. The van der Waals surface area contributed by atoms with Gasteiger partial charge in [-0.3, -0.25) is 4.79 Å². The molecule has 1 aliphatic heterocycles. The SMILES string of the molecule is C=C(CC(=O)O)C(=O)OC(CC)C1CO1. The molecule has 84 valence electrons. The van der Waals surface area contributed by atoms with E-state index in [1.54, 1.807) is 0 Å². The van der Waals surface area contributed by atoms with Crippen LogP contribution in [0.25, 0.3) is 0 Å². The van der Waals surface area contributed by atoms with Gasteiger partial charge in [0.25, 0.3) is 0 Å². The standard InChI is InChI=1S/C10H14O5/c1-3-7(8-5-14-8)15-10(13)6(2)4-9(11)12/h7-8H,2-5H2,1H3,(H,11,12). The average Bonchev–Trinajstić information content (AvgIpc) is 2.95. The molecule has 1 rings (SSSR count). The maximum atomic E-state index is 11.3. The van der Waals surface area contributed by atoms with E-state index in [-0.39, 0.29) is 24.2 Å². The molecule has 0 radical (unpaired) electrons. The Morgan fingerprint density at radius 2 is 2.27 bits per heavy atom. The number of hydrogen-bond donors (Lipinski definition) is 1. The van der Waals surface area contributed by atoms with Gasteiger partial charge >= 0.3 is 11.9 Å². The van der Waals surface area contributed by atoms with Gasteiger partial charge < -0.3 is 14.6 Å². The Balaban J connectivity index is 2.39. The molecule has 0 aliphatic carbocycles. The third-order valence-electron chi connectivity index (χ3n) is 2.09. The highest BCUT2D eigenvalue weighted by Gasteiger charge is 2.34. The third-order valence-corrected chi connectivity index (χ3v) is 2.09. The van der Waals surface area contributed by atoms with Gasteiger partial charge in [0, 0.05) is 5.57 Å². The Morgan fingerprint density at radius 1 is 1.67 bits per heavy atom. The topological polar surface area (TPSA) is 76.1 Å². The molecule has 1 fully saturated rings. The quantitative estimate of drug-likeness (QED) is 0.401. The van der Waals surface area contributed by atoms with Crippen molar-refractivity contribution in [3.05, 3.63) is 12.2 Å². The smallest absolute Gasteiger partial charge is 0.334 e. The van der Waals surface area contributed by atoms with Crippen LogP contribution >= 0.6 is 0 Å². The predicted molar refractivity (Wildman–Crippen MR) is 51.3 cm³/mol. The van der Waals surface area contributed by atoms with Crippen molar-refractivity contribution in [3.8, 4) is 0 Å². The molecule has 5 heteroatoms. The molecule has 0 spiro atoms. The minimum atomic E-state index is -1.09. The molecular formula is C10H14O5. The highest BCUT2D eigenvalue weighted by molar-refractivity contribution is 5.92. The summed E-state index contributed by atoms with van der Waals surface area (Å²) in [5.74, 6) is -1.74. The molecule has 1 aliphatic rings. The maximum absolute atomic E-state index is 11.3. The molecule has 0 aromatic rings. The molecule has 2 atom stereocenters. The maximum Gasteiger partial charge on any atom is 0.334 e. The summed E-state index contributed by atoms with van der Waals surface area (Å²) >= 11 is 0. The number of esters is 1. The Kier molecular flexibility index (Phi) is 3.85. The van der Waals surface area contributed by atoms with Gasteiger partial charge in [0.15, 0.2) is 0 Å². The number of aliphatic carboxylic acids is 1. The van der Waals surface area contributed by atoms with Crippen molar-refractivity contribution in [2.75, 3.05) is 6.61 Å². The second-order valence-corrected chi connectivity index (χ2v) is 3.40. The molecule has 15 heavy (non-hydrogen) atoms. The normalized spacial score (nSPS) is 20.5. The van der Waals surface area contributed by atoms with Crippen molar-refractivity contribution >= 4 is 11.9 Å². The first-order valence-electron chi connectivity index (χ1n) is 4.76. The average molecular weight is 214 g/mol. The summed E-state index contributed by atoms with van der Waals surface area (Å²) in [4.78, 5) is 21.7. The Hall–Kier alpha value is -1.36. The number of ether oxygens (including phenoxy) is 2. The van der Waals surface area contributed by atoms with Gasteiger partial charge in [-0.25, -0.2) is 4.79 Å². The van der Waals surface area contributed by atoms with Gasteiger partial charge in [-0.1, -0.05) is 13.5 Å². The van der Waals surface area contributed by atoms with E-state index in [4.69, 9.17) is 14.6 Å². The number of epoxide rings is 1. The van der Waals surface area contributed by atoms with Crippen LogP contribution < -0.4 is 0 Å². The van der Waals surface area contributed by atoms with Crippen molar-refractivity contribution < 1.29 is 24.2 Å². The summed E-state index contributed by atoms with van der Waals surface area (Å²) in [5.41, 5.74) is -0.0402. The summed E-state index contributed by atoms with van der Waals surface area (Å²) < 4.78 is 10.1. The van der Waals surface area contributed by atoms with Crippen molar-refractivity contribution in [1.82, 2.24) is 0 Å². The molecule has 0 saturated carbocycles. The largest absolute Gasteiger partial charge is 0.481 e. The lowest BCUT2D eigenvalue weighted by Crippen LogP contribution is -2.24. The van der Waals surface area contributed by atoms with E-state index in [2.05, 4.69) is 6.58 Å². The summed E-state index contributed by atoms with van der Waals surface area (Å²) in [5, 5.41) is 8.45. The van der Waals surface area contributed by atoms with E-state index < -0.39 is 11.9 Å². The number of carboxylic acids is 1. The molecule has 1 saturated heterocycles. The van der Waals surface area contributed by atoms with Gasteiger partial charge in [0.2, 0.25) is 0 Å². The fourth-order valence-corrected chi connectivity index (χ4v) is 1.17. The Morgan fingerprint density at radius 3 is 2.67 bits per heavy atom. The zero-order valence-electron chi connectivity index (χ0n) is 8.56. The zero-order valence-corrected chi connectivity index (χ0v) is 8.56. The van der Waals surface area contributed by atoms with Crippen molar-refractivity contribution in [1.29, 1.82) is 0 Å². The first kappa shape index (κ1) is 11.7. The number of rotatable bonds is 6.